The first-order chi connectivity index (χ1) is 10.1. The molecule has 21 heavy (non-hydrogen) atoms. The van der Waals surface area contributed by atoms with Crippen molar-refractivity contribution in [3.63, 3.8) is 0 Å². The van der Waals surface area contributed by atoms with E-state index in [9.17, 15) is 0 Å². The Morgan fingerprint density at radius 2 is 1.90 bits per heavy atom. The van der Waals surface area contributed by atoms with E-state index in [0.717, 1.165) is 31.0 Å². The predicted molar refractivity (Wildman–Crippen MR) is 86.3 cm³/mol. The number of hydrogen-bond acceptors (Lipinski definition) is 2. The van der Waals surface area contributed by atoms with Crippen LogP contribution in [0.1, 0.15) is 72.1 Å². The van der Waals surface area contributed by atoms with Gasteiger partial charge >= 0.3 is 0 Å². The Morgan fingerprint density at radius 3 is 2.62 bits per heavy atom. The van der Waals surface area contributed by atoms with Gasteiger partial charge in [-0.2, -0.15) is 0 Å². The SMILES string of the molecule is CCCC1CC2(C1)OCCC2C1CC(CC(C)C)CCO1. The van der Waals surface area contributed by atoms with Crippen molar-refractivity contribution in [1.29, 1.82) is 0 Å². The van der Waals surface area contributed by atoms with E-state index in [2.05, 4.69) is 20.8 Å². The normalized spacial score (nSPS) is 43.4. The lowest BCUT2D eigenvalue weighted by molar-refractivity contribution is -0.157. The Hall–Kier alpha value is -0.0800. The van der Waals surface area contributed by atoms with Gasteiger partial charge in [-0.3, -0.25) is 0 Å². The van der Waals surface area contributed by atoms with Gasteiger partial charge in [0.15, 0.2) is 0 Å². The highest BCUT2D eigenvalue weighted by molar-refractivity contribution is 5.06. The highest BCUT2D eigenvalue weighted by Crippen LogP contribution is 2.54. The molecule has 0 N–H and O–H groups in total. The summed E-state index contributed by atoms with van der Waals surface area (Å²) >= 11 is 0. The topological polar surface area (TPSA) is 18.5 Å². The molecule has 0 bridgehead atoms. The van der Waals surface area contributed by atoms with Gasteiger partial charge in [0.2, 0.25) is 0 Å². The molecule has 3 rings (SSSR count). The van der Waals surface area contributed by atoms with Crippen LogP contribution in [0, 0.1) is 23.7 Å². The van der Waals surface area contributed by atoms with Crippen molar-refractivity contribution in [2.75, 3.05) is 13.2 Å². The fourth-order valence-corrected chi connectivity index (χ4v) is 5.30. The first-order valence-electron chi connectivity index (χ1n) is 9.38. The molecule has 2 heteroatoms. The van der Waals surface area contributed by atoms with E-state index in [1.54, 1.807) is 0 Å². The van der Waals surface area contributed by atoms with Crippen molar-refractivity contribution in [1.82, 2.24) is 0 Å². The fraction of sp³-hybridized carbons (Fsp3) is 1.00. The van der Waals surface area contributed by atoms with Crippen LogP contribution in [-0.2, 0) is 9.47 Å². The van der Waals surface area contributed by atoms with Gasteiger partial charge in [-0.15, -0.1) is 0 Å². The lowest BCUT2D eigenvalue weighted by atomic mass is 9.61. The summed E-state index contributed by atoms with van der Waals surface area (Å²) in [5.41, 5.74) is 0.213. The molecule has 0 amide bonds. The highest BCUT2D eigenvalue weighted by atomic mass is 16.5. The molecule has 3 aliphatic rings. The summed E-state index contributed by atoms with van der Waals surface area (Å²) in [6, 6.07) is 0. The van der Waals surface area contributed by atoms with Gasteiger partial charge in [-0.05, 0) is 56.3 Å². The minimum absolute atomic E-state index is 0.213. The molecule has 2 aliphatic heterocycles. The second kappa shape index (κ2) is 6.58. The maximum absolute atomic E-state index is 6.26. The zero-order chi connectivity index (χ0) is 14.9. The lowest BCUT2D eigenvalue weighted by Crippen LogP contribution is -2.53. The van der Waals surface area contributed by atoms with E-state index in [0.29, 0.717) is 12.0 Å². The first kappa shape index (κ1) is 15.8. The van der Waals surface area contributed by atoms with Gasteiger partial charge in [-0.1, -0.05) is 33.6 Å². The molecular weight excluding hydrogens is 260 g/mol. The Morgan fingerprint density at radius 1 is 1.10 bits per heavy atom. The summed E-state index contributed by atoms with van der Waals surface area (Å²) < 4.78 is 12.5. The fourth-order valence-electron chi connectivity index (χ4n) is 5.30. The molecule has 3 atom stereocenters. The molecule has 2 saturated heterocycles. The second-order valence-corrected chi connectivity index (χ2v) is 8.30. The van der Waals surface area contributed by atoms with Gasteiger partial charge in [0, 0.05) is 19.1 Å². The van der Waals surface area contributed by atoms with E-state index >= 15 is 0 Å². The van der Waals surface area contributed by atoms with Crippen molar-refractivity contribution in [3.05, 3.63) is 0 Å². The maximum atomic E-state index is 6.26. The quantitative estimate of drug-likeness (QED) is 0.724. The Balaban J connectivity index is 1.58. The zero-order valence-corrected chi connectivity index (χ0v) is 14.3. The van der Waals surface area contributed by atoms with Crippen LogP contribution in [-0.4, -0.2) is 24.9 Å². The van der Waals surface area contributed by atoms with E-state index in [1.165, 1.54) is 51.4 Å². The standard InChI is InChI=1S/C19H34O2/c1-4-5-16-12-19(13-16)17(7-9-21-19)18-11-15(6-8-20-18)10-14(2)3/h14-18H,4-13H2,1-3H3. The van der Waals surface area contributed by atoms with Crippen molar-refractivity contribution in [3.8, 4) is 0 Å². The number of ether oxygens (including phenoxy) is 2. The smallest absolute Gasteiger partial charge is 0.0741 e. The minimum Gasteiger partial charge on any atom is -0.378 e. The Kier molecular flexibility index (Phi) is 4.95. The third-order valence-corrected chi connectivity index (χ3v) is 6.14. The molecule has 3 unspecified atom stereocenters. The van der Waals surface area contributed by atoms with Gasteiger partial charge in [0.25, 0.3) is 0 Å². The highest BCUT2D eigenvalue weighted by Gasteiger charge is 2.56. The van der Waals surface area contributed by atoms with Crippen LogP contribution in [0.15, 0.2) is 0 Å². The molecule has 3 fully saturated rings. The summed E-state index contributed by atoms with van der Waals surface area (Å²) in [4.78, 5) is 0. The van der Waals surface area contributed by atoms with E-state index in [4.69, 9.17) is 9.47 Å². The molecule has 0 radical (unpaired) electrons. The van der Waals surface area contributed by atoms with Crippen LogP contribution < -0.4 is 0 Å². The molecule has 122 valence electrons. The molecule has 2 nitrogen and oxygen atoms in total. The monoisotopic (exact) mass is 294 g/mol. The summed E-state index contributed by atoms with van der Waals surface area (Å²) in [6.45, 7) is 8.96. The van der Waals surface area contributed by atoms with E-state index in [-0.39, 0.29) is 5.60 Å². The number of rotatable bonds is 5. The third-order valence-electron chi connectivity index (χ3n) is 6.14. The molecule has 0 aromatic rings. The molecule has 0 aromatic carbocycles. The first-order valence-corrected chi connectivity index (χ1v) is 9.38. The van der Waals surface area contributed by atoms with Crippen molar-refractivity contribution >= 4 is 0 Å². The van der Waals surface area contributed by atoms with Crippen LogP contribution in [0.5, 0.6) is 0 Å². The second-order valence-electron chi connectivity index (χ2n) is 8.30. The molecule has 2 heterocycles. The number of hydrogen-bond donors (Lipinski definition) is 0. The molecule has 1 spiro atoms. The maximum Gasteiger partial charge on any atom is 0.0741 e. The summed E-state index contributed by atoms with van der Waals surface area (Å²) in [5, 5.41) is 0. The van der Waals surface area contributed by atoms with Crippen molar-refractivity contribution in [2.45, 2.75) is 83.8 Å². The summed E-state index contributed by atoms with van der Waals surface area (Å²) in [5.74, 6) is 3.30. The molecule has 1 aliphatic carbocycles. The van der Waals surface area contributed by atoms with Crippen molar-refractivity contribution < 1.29 is 9.47 Å². The molecule has 1 saturated carbocycles. The van der Waals surface area contributed by atoms with Gasteiger partial charge in [0.1, 0.15) is 0 Å². The van der Waals surface area contributed by atoms with Crippen LogP contribution in [0.4, 0.5) is 0 Å². The molecular formula is C19H34O2. The average Bonchev–Trinajstić information content (AvgIpc) is 2.83. The van der Waals surface area contributed by atoms with E-state index < -0.39 is 0 Å². The molecule has 0 aromatic heterocycles. The van der Waals surface area contributed by atoms with Crippen LogP contribution in [0.3, 0.4) is 0 Å². The minimum atomic E-state index is 0.213. The predicted octanol–water partition coefficient (Wildman–Crippen LogP) is 4.81. The Labute approximate surface area is 131 Å². The third kappa shape index (κ3) is 3.32. The van der Waals surface area contributed by atoms with Crippen LogP contribution >= 0.6 is 0 Å². The van der Waals surface area contributed by atoms with Gasteiger partial charge in [0.05, 0.1) is 11.7 Å². The van der Waals surface area contributed by atoms with E-state index in [1.807, 2.05) is 0 Å². The van der Waals surface area contributed by atoms with Crippen LogP contribution in [0.2, 0.25) is 0 Å². The summed E-state index contributed by atoms with van der Waals surface area (Å²) in [6.07, 6.45) is 11.0. The average molecular weight is 294 g/mol. The zero-order valence-electron chi connectivity index (χ0n) is 14.3. The van der Waals surface area contributed by atoms with Crippen LogP contribution in [0.25, 0.3) is 0 Å². The van der Waals surface area contributed by atoms with Crippen molar-refractivity contribution in [2.24, 2.45) is 23.7 Å². The van der Waals surface area contributed by atoms with Gasteiger partial charge < -0.3 is 9.47 Å². The summed E-state index contributed by atoms with van der Waals surface area (Å²) in [7, 11) is 0. The Bertz CT molecular complexity index is 332. The van der Waals surface area contributed by atoms with Gasteiger partial charge in [-0.25, -0.2) is 0 Å². The lowest BCUT2D eigenvalue weighted by Gasteiger charge is -2.51. The largest absolute Gasteiger partial charge is 0.378 e.